The third kappa shape index (κ3) is 3.07. The first-order valence-corrected chi connectivity index (χ1v) is 5.21. The second-order valence-electron chi connectivity index (χ2n) is 3.57. The van der Waals surface area contributed by atoms with Crippen LogP contribution in [-0.2, 0) is 6.54 Å². The van der Waals surface area contributed by atoms with Gasteiger partial charge in [-0.15, -0.1) is 0 Å². The summed E-state index contributed by atoms with van der Waals surface area (Å²) in [6.07, 6.45) is 4.66. The molecule has 2 aromatic rings. The van der Waals surface area contributed by atoms with Crippen LogP contribution in [0.15, 0.2) is 36.9 Å². The molecule has 0 radical (unpaired) electrons. The van der Waals surface area contributed by atoms with Crippen molar-refractivity contribution < 1.29 is 4.79 Å². The number of pyridine rings is 1. The summed E-state index contributed by atoms with van der Waals surface area (Å²) in [4.78, 5) is 23.6. The van der Waals surface area contributed by atoms with Gasteiger partial charge in [-0.3, -0.25) is 9.78 Å². The normalized spacial score (nSPS) is 9.94. The van der Waals surface area contributed by atoms with Crippen LogP contribution >= 0.6 is 0 Å². The van der Waals surface area contributed by atoms with Crippen LogP contribution in [0.1, 0.15) is 21.7 Å². The molecule has 0 unspecified atom stereocenters. The van der Waals surface area contributed by atoms with E-state index in [0.29, 0.717) is 12.1 Å². The Morgan fingerprint density at radius 1 is 1.29 bits per heavy atom. The van der Waals surface area contributed by atoms with Crippen molar-refractivity contribution in [3.8, 4) is 0 Å². The maximum Gasteiger partial charge on any atom is 0.251 e. The summed E-state index contributed by atoms with van der Waals surface area (Å²) in [5.41, 5.74) is 2.26. The average Bonchev–Trinajstić information content (AvgIpc) is 2.37. The highest BCUT2D eigenvalue weighted by Gasteiger charge is 2.04. The number of hydrogen-bond donors (Lipinski definition) is 1. The SMILES string of the molecule is Cc1cc(CNC(=O)c2ccncc2)ncn1. The van der Waals surface area contributed by atoms with E-state index in [1.54, 1.807) is 24.5 Å². The molecule has 0 fully saturated rings. The summed E-state index contributed by atoms with van der Waals surface area (Å²) in [5, 5.41) is 2.79. The van der Waals surface area contributed by atoms with Crippen molar-refractivity contribution in [3.05, 3.63) is 53.9 Å². The van der Waals surface area contributed by atoms with E-state index in [-0.39, 0.29) is 5.91 Å². The van der Waals surface area contributed by atoms with E-state index in [1.165, 1.54) is 6.33 Å². The van der Waals surface area contributed by atoms with Crippen molar-refractivity contribution >= 4 is 5.91 Å². The molecule has 17 heavy (non-hydrogen) atoms. The Morgan fingerprint density at radius 3 is 2.76 bits per heavy atom. The van der Waals surface area contributed by atoms with Crippen molar-refractivity contribution in [3.63, 3.8) is 0 Å². The Bertz CT molecular complexity index is 513. The van der Waals surface area contributed by atoms with Crippen LogP contribution < -0.4 is 5.32 Å². The molecule has 2 aromatic heterocycles. The number of aryl methyl sites for hydroxylation is 1. The Hall–Kier alpha value is -2.30. The maximum absolute atomic E-state index is 11.7. The summed E-state index contributed by atoms with van der Waals surface area (Å²) < 4.78 is 0. The van der Waals surface area contributed by atoms with Gasteiger partial charge in [-0.1, -0.05) is 0 Å². The molecule has 0 atom stereocenters. The van der Waals surface area contributed by atoms with Gasteiger partial charge in [-0.2, -0.15) is 0 Å². The van der Waals surface area contributed by atoms with Crippen molar-refractivity contribution in [2.45, 2.75) is 13.5 Å². The molecule has 2 heterocycles. The van der Waals surface area contributed by atoms with Gasteiger partial charge >= 0.3 is 0 Å². The molecule has 0 saturated carbocycles. The smallest absolute Gasteiger partial charge is 0.251 e. The Kier molecular flexibility index (Phi) is 3.40. The lowest BCUT2D eigenvalue weighted by Gasteiger charge is -2.04. The fraction of sp³-hybridized carbons (Fsp3) is 0.167. The molecule has 0 saturated heterocycles. The van der Waals surface area contributed by atoms with Crippen LogP contribution in [0.2, 0.25) is 0 Å². The first kappa shape index (κ1) is 11.2. The summed E-state index contributed by atoms with van der Waals surface area (Å²) >= 11 is 0. The van der Waals surface area contributed by atoms with Crippen molar-refractivity contribution in [2.24, 2.45) is 0 Å². The Balaban J connectivity index is 1.97. The second kappa shape index (κ2) is 5.16. The van der Waals surface area contributed by atoms with Gasteiger partial charge in [0, 0.05) is 23.7 Å². The van der Waals surface area contributed by atoms with Crippen molar-refractivity contribution in [1.82, 2.24) is 20.3 Å². The number of rotatable bonds is 3. The van der Waals surface area contributed by atoms with E-state index in [4.69, 9.17) is 0 Å². The molecule has 1 N–H and O–H groups in total. The molecule has 0 spiro atoms. The van der Waals surface area contributed by atoms with Crippen LogP contribution in [0, 0.1) is 6.92 Å². The summed E-state index contributed by atoms with van der Waals surface area (Å²) in [6.45, 7) is 2.28. The van der Waals surface area contributed by atoms with E-state index in [1.807, 2.05) is 13.0 Å². The highest BCUT2D eigenvalue weighted by molar-refractivity contribution is 5.93. The zero-order valence-electron chi connectivity index (χ0n) is 9.42. The molecule has 0 bridgehead atoms. The topological polar surface area (TPSA) is 67.8 Å². The average molecular weight is 228 g/mol. The van der Waals surface area contributed by atoms with Gasteiger partial charge in [-0.05, 0) is 25.1 Å². The first-order valence-electron chi connectivity index (χ1n) is 5.21. The minimum absolute atomic E-state index is 0.135. The fourth-order valence-electron chi connectivity index (χ4n) is 1.38. The molecule has 0 aliphatic rings. The number of carbonyl (C=O) groups excluding carboxylic acids is 1. The Labute approximate surface area is 99.0 Å². The predicted molar refractivity (Wildman–Crippen MR) is 62.2 cm³/mol. The lowest BCUT2D eigenvalue weighted by molar-refractivity contribution is 0.0950. The number of amides is 1. The van der Waals surface area contributed by atoms with Crippen LogP contribution in [0.25, 0.3) is 0 Å². The minimum atomic E-state index is -0.135. The third-order valence-electron chi connectivity index (χ3n) is 2.23. The molecule has 5 heteroatoms. The zero-order valence-corrected chi connectivity index (χ0v) is 9.42. The first-order chi connectivity index (χ1) is 8.25. The predicted octanol–water partition coefficient (Wildman–Crippen LogP) is 1.11. The van der Waals surface area contributed by atoms with Gasteiger partial charge in [0.15, 0.2) is 0 Å². The van der Waals surface area contributed by atoms with E-state index in [0.717, 1.165) is 11.4 Å². The molecule has 1 amide bonds. The molecule has 86 valence electrons. The highest BCUT2D eigenvalue weighted by Crippen LogP contribution is 1.99. The van der Waals surface area contributed by atoms with E-state index in [2.05, 4.69) is 20.3 Å². The van der Waals surface area contributed by atoms with Gasteiger partial charge in [-0.25, -0.2) is 9.97 Å². The van der Waals surface area contributed by atoms with E-state index >= 15 is 0 Å². The zero-order chi connectivity index (χ0) is 12.1. The fourth-order valence-corrected chi connectivity index (χ4v) is 1.38. The van der Waals surface area contributed by atoms with E-state index < -0.39 is 0 Å². The molecule has 5 nitrogen and oxygen atoms in total. The Morgan fingerprint density at radius 2 is 2.06 bits per heavy atom. The van der Waals surface area contributed by atoms with Crippen molar-refractivity contribution in [1.29, 1.82) is 0 Å². The van der Waals surface area contributed by atoms with Gasteiger partial charge < -0.3 is 5.32 Å². The van der Waals surface area contributed by atoms with Crippen molar-refractivity contribution in [2.75, 3.05) is 0 Å². The van der Waals surface area contributed by atoms with Crippen LogP contribution in [0.4, 0.5) is 0 Å². The standard InChI is InChI=1S/C12H12N4O/c1-9-6-11(16-8-15-9)7-14-12(17)10-2-4-13-5-3-10/h2-6,8H,7H2,1H3,(H,14,17). The quantitative estimate of drug-likeness (QED) is 0.854. The van der Waals surface area contributed by atoms with Crippen LogP contribution in [-0.4, -0.2) is 20.9 Å². The molecular weight excluding hydrogens is 216 g/mol. The summed E-state index contributed by atoms with van der Waals surface area (Å²) in [6, 6.07) is 5.17. The number of nitrogens with one attached hydrogen (secondary N) is 1. The lowest BCUT2D eigenvalue weighted by Crippen LogP contribution is -2.23. The van der Waals surface area contributed by atoms with Gasteiger partial charge in [0.05, 0.1) is 12.2 Å². The largest absolute Gasteiger partial charge is 0.346 e. The molecule has 0 aromatic carbocycles. The number of carbonyl (C=O) groups is 1. The van der Waals surface area contributed by atoms with Gasteiger partial charge in [0.1, 0.15) is 6.33 Å². The number of hydrogen-bond acceptors (Lipinski definition) is 4. The molecule has 0 aliphatic heterocycles. The lowest BCUT2D eigenvalue weighted by atomic mass is 10.2. The second-order valence-corrected chi connectivity index (χ2v) is 3.57. The van der Waals surface area contributed by atoms with Crippen LogP contribution in [0.3, 0.4) is 0 Å². The minimum Gasteiger partial charge on any atom is -0.346 e. The summed E-state index contributed by atoms with van der Waals surface area (Å²) in [7, 11) is 0. The number of aromatic nitrogens is 3. The monoisotopic (exact) mass is 228 g/mol. The van der Waals surface area contributed by atoms with E-state index in [9.17, 15) is 4.79 Å². The highest BCUT2D eigenvalue weighted by atomic mass is 16.1. The third-order valence-corrected chi connectivity index (χ3v) is 2.23. The molecule has 0 aliphatic carbocycles. The summed E-state index contributed by atoms with van der Waals surface area (Å²) in [5.74, 6) is -0.135. The van der Waals surface area contributed by atoms with Gasteiger partial charge in [0.2, 0.25) is 0 Å². The molecular formula is C12H12N4O. The maximum atomic E-state index is 11.7. The molecule has 2 rings (SSSR count). The van der Waals surface area contributed by atoms with Gasteiger partial charge in [0.25, 0.3) is 5.91 Å². The number of nitrogens with zero attached hydrogens (tertiary/aromatic N) is 3. The van der Waals surface area contributed by atoms with Crippen LogP contribution in [0.5, 0.6) is 0 Å².